The number of aliphatic carboxylic acids is 1. The molecule has 0 bridgehead atoms. The van der Waals surface area contributed by atoms with Gasteiger partial charge < -0.3 is 25.8 Å². The van der Waals surface area contributed by atoms with Crippen molar-refractivity contribution in [3.05, 3.63) is 12.0 Å². The quantitative estimate of drug-likeness (QED) is 0.304. The largest absolute Gasteiger partial charge is 0.480 e. The van der Waals surface area contributed by atoms with Crippen molar-refractivity contribution in [2.24, 2.45) is 10.9 Å². The maximum absolute atomic E-state index is 11.5. The number of aliphatic imine (C=N–C) groups is 1. The minimum atomic E-state index is -1.07. The molecule has 9 nitrogen and oxygen atoms in total. The number of urea groups is 1. The van der Waals surface area contributed by atoms with E-state index in [2.05, 4.69) is 27.5 Å². The number of nitrogens with zero attached hydrogens (tertiary/aromatic N) is 1. The summed E-state index contributed by atoms with van der Waals surface area (Å²) in [5, 5.41) is 18.9. The van der Waals surface area contributed by atoms with Gasteiger partial charge in [0.25, 0.3) is 0 Å². The average Bonchev–Trinajstić information content (AvgIpc) is 2.63. The molecule has 2 atom stereocenters. The lowest BCUT2D eigenvalue weighted by Gasteiger charge is -2.19. The second-order valence-corrected chi connectivity index (χ2v) is 9.09. The maximum atomic E-state index is 11.5. The Balaban J connectivity index is 0. The number of carbonyl (C=O) groups excluding carboxylic acids is 2. The number of rotatable bonds is 9. The lowest BCUT2D eigenvalue weighted by Crippen LogP contribution is -2.45. The Labute approximate surface area is 190 Å². The van der Waals surface area contributed by atoms with Crippen LogP contribution in [0.15, 0.2) is 17.0 Å². The molecule has 0 saturated carbocycles. The Kier molecular flexibility index (Phi) is 16.4. The topological polar surface area (TPSA) is 129 Å². The highest BCUT2D eigenvalue weighted by Crippen LogP contribution is 2.14. The summed E-state index contributed by atoms with van der Waals surface area (Å²) in [6.45, 7) is 19.6. The fourth-order valence-corrected chi connectivity index (χ4v) is 2.44. The van der Waals surface area contributed by atoms with Gasteiger partial charge in [-0.15, -0.1) is 0 Å². The van der Waals surface area contributed by atoms with Gasteiger partial charge in [0, 0.05) is 19.0 Å². The van der Waals surface area contributed by atoms with E-state index in [0.29, 0.717) is 19.0 Å². The first-order valence-electron chi connectivity index (χ1n) is 10.3. The molecular formula is C21H40N4O5S. The molecule has 4 N–H and O–H groups in total. The molecule has 31 heavy (non-hydrogen) atoms. The zero-order chi connectivity index (χ0) is 24.6. The van der Waals surface area contributed by atoms with Crippen LogP contribution in [0, 0.1) is 5.92 Å². The predicted octanol–water partition coefficient (Wildman–Crippen LogP) is 4.00. The summed E-state index contributed by atoms with van der Waals surface area (Å²) < 4.78 is 4.99. The van der Waals surface area contributed by atoms with Crippen molar-refractivity contribution in [1.29, 1.82) is 0 Å². The second-order valence-electron chi connectivity index (χ2n) is 8.10. The lowest BCUT2D eigenvalue weighted by atomic mass is 10.2. The Morgan fingerprint density at radius 1 is 1.16 bits per heavy atom. The van der Waals surface area contributed by atoms with Crippen molar-refractivity contribution in [1.82, 2.24) is 16.0 Å². The number of hydrogen-bond acceptors (Lipinski definition) is 6. The molecular weight excluding hydrogens is 420 g/mol. The molecule has 180 valence electrons. The molecule has 0 spiro atoms. The third kappa shape index (κ3) is 19.5. The van der Waals surface area contributed by atoms with Gasteiger partial charge in [-0.05, 0) is 46.4 Å². The van der Waals surface area contributed by atoms with Crippen molar-refractivity contribution in [3.8, 4) is 0 Å². The second kappa shape index (κ2) is 16.5. The highest BCUT2D eigenvalue weighted by Gasteiger charge is 2.15. The van der Waals surface area contributed by atoms with Crippen LogP contribution in [0.1, 0.15) is 61.8 Å². The van der Waals surface area contributed by atoms with Crippen LogP contribution in [0.5, 0.6) is 0 Å². The fourth-order valence-electron chi connectivity index (χ4n) is 1.75. The highest BCUT2D eigenvalue weighted by atomic mass is 32.2. The summed E-state index contributed by atoms with van der Waals surface area (Å²) in [7, 11) is 0. The number of alkyl carbamates (subject to hydrolysis) is 1. The van der Waals surface area contributed by atoms with Gasteiger partial charge in [-0.25, -0.2) is 9.59 Å². The van der Waals surface area contributed by atoms with Gasteiger partial charge in [0.2, 0.25) is 0 Å². The predicted molar refractivity (Wildman–Crippen MR) is 128 cm³/mol. The van der Waals surface area contributed by atoms with E-state index in [9.17, 15) is 14.4 Å². The van der Waals surface area contributed by atoms with Crippen molar-refractivity contribution in [2.75, 3.05) is 13.1 Å². The molecule has 10 heteroatoms. The Hall–Kier alpha value is -2.23. The van der Waals surface area contributed by atoms with E-state index in [1.807, 2.05) is 48.5 Å². The van der Waals surface area contributed by atoms with Gasteiger partial charge in [-0.2, -0.15) is 0 Å². The maximum Gasteiger partial charge on any atom is 0.407 e. The number of carboxylic acids is 1. The van der Waals surface area contributed by atoms with Crippen LogP contribution in [0.3, 0.4) is 0 Å². The van der Waals surface area contributed by atoms with Crippen LogP contribution in [0.2, 0.25) is 0 Å². The number of amides is 3. The lowest BCUT2D eigenvalue weighted by molar-refractivity contribution is -0.138. The third-order valence-electron chi connectivity index (χ3n) is 3.24. The smallest absolute Gasteiger partial charge is 0.407 e. The van der Waals surface area contributed by atoms with Gasteiger partial charge in [-0.3, -0.25) is 9.79 Å². The van der Waals surface area contributed by atoms with Crippen molar-refractivity contribution in [2.45, 2.75) is 79.5 Å². The first kappa shape index (κ1) is 31.0. The molecule has 0 aromatic carbocycles. The van der Waals surface area contributed by atoms with Crippen LogP contribution in [0.4, 0.5) is 9.59 Å². The monoisotopic (exact) mass is 460 g/mol. The standard InChI is InChI=1S/C13H23N3O3S.C8H17NO2/c1-6-20-11(8(2)3)15-9(4)7-14-13(19)16-10(5)12(17)18;1-5-6-9-7(10)11-8(2,3)4/h6,8-10H,1,7H2,2-5H3,(H,17,18)(H2,14,16,19);5-6H2,1-4H3,(H,9,10). The zero-order valence-electron chi connectivity index (χ0n) is 20.1. The van der Waals surface area contributed by atoms with Crippen LogP contribution in [-0.2, 0) is 9.53 Å². The van der Waals surface area contributed by atoms with Gasteiger partial charge >= 0.3 is 18.1 Å². The molecule has 0 aliphatic carbocycles. The van der Waals surface area contributed by atoms with E-state index in [1.54, 1.807) is 5.41 Å². The van der Waals surface area contributed by atoms with E-state index in [-0.39, 0.29) is 12.1 Å². The zero-order valence-corrected chi connectivity index (χ0v) is 20.9. The third-order valence-corrected chi connectivity index (χ3v) is 4.22. The highest BCUT2D eigenvalue weighted by molar-refractivity contribution is 8.16. The SMILES string of the molecule is C=CSC(=NC(C)CNC(=O)NC(C)C(=O)O)C(C)C.CCCNC(=O)OC(C)(C)C. The molecule has 0 aliphatic heterocycles. The molecule has 0 saturated heterocycles. The van der Waals surface area contributed by atoms with E-state index < -0.39 is 23.6 Å². The Morgan fingerprint density at radius 2 is 1.74 bits per heavy atom. The van der Waals surface area contributed by atoms with Crippen molar-refractivity contribution < 1.29 is 24.2 Å². The van der Waals surface area contributed by atoms with Crippen LogP contribution in [-0.4, -0.2) is 59.0 Å². The first-order valence-corrected chi connectivity index (χ1v) is 11.2. The molecule has 2 unspecified atom stereocenters. The average molecular weight is 461 g/mol. The molecule has 0 radical (unpaired) electrons. The number of nitrogens with one attached hydrogen (secondary N) is 3. The van der Waals surface area contributed by atoms with Gasteiger partial charge in [0.15, 0.2) is 0 Å². The molecule has 0 aromatic heterocycles. The summed E-state index contributed by atoms with van der Waals surface area (Å²) in [5.74, 6) is -0.781. The summed E-state index contributed by atoms with van der Waals surface area (Å²) in [5.41, 5.74) is -0.391. The van der Waals surface area contributed by atoms with Crippen molar-refractivity contribution in [3.63, 3.8) is 0 Å². The number of hydrogen-bond donors (Lipinski definition) is 4. The Bertz CT molecular complexity index is 603. The van der Waals surface area contributed by atoms with Crippen LogP contribution >= 0.6 is 11.8 Å². The molecule has 0 aromatic rings. The van der Waals surface area contributed by atoms with Gasteiger partial charge in [-0.1, -0.05) is 39.1 Å². The number of carboxylic acid groups (broad SMARTS) is 1. The van der Waals surface area contributed by atoms with Crippen LogP contribution < -0.4 is 16.0 Å². The van der Waals surface area contributed by atoms with E-state index in [0.717, 1.165) is 11.5 Å². The van der Waals surface area contributed by atoms with E-state index in [1.165, 1.54) is 18.7 Å². The van der Waals surface area contributed by atoms with Crippen molar-refractivity contribution >= 4 is 34.9 Å². The Morgan fingerprint density at radius 3 is 2.16 bits per heavy atom. The summed E-state index contributed by atoms with van der Waals surface area (Å²) in [6.07, 6.45) is 0.596. The molecule has 0 aliphatic rings. The normalized spacial score (nSPS) is 13.3. The first-order chi connectivity index (χ1) is 14.2. The number of carbonyl (C=O) groups is 3. The molecule has 0 heterocycles. The van der Waals surface area contributed by atoms with Gasteiger partial charge in [0.1, 0.15) is 11.6 Å². The minimum Gasteiger partial charge on any atom is -0.480 e. The molecule has 0 fully saturated rings. The minimum absolute atomic E-state index is 0.0919. The molecule has 3 amide bonds. The van der Waals surface area contributed by atoms with E-state index >= 15 is 0 Å². The number of ether oxygens (including phenoxy) is 1. The number of thioether (sulfide) groups is 1. The van der Waals surface area contributed by atoms with E-state index in [4.69, 9.17) is 9.84 Å². The fraction of sp³-hybridized carbons (Fsp3) is 0.714. The summed E-state index contributed by atoms with van der Waals surface area (Å²) in [4.78, 5) is 37.4. The summed E-state index contributed by atoms with van der Waals surface area (Å²) in [6, 6.07) is -1.52. The van der Waals surface area contributed by atoms with Gasteiger partial charge in [0.05, 0.1) is 11.1 Å². The summed E-state index contributed by atoms with van der Waals surface area (Å²) >= 11 is 1.47. The molecule has 0 rings (SSSR count). The van der Waals surface area contributed by atoms with Crippen LogP contribution in [0.25, 0.3) is 0 Å².